The first-order valence-corrected chi connectivity index (χ1v) is 6.87. The van der Waals surface area contributed by atoms with Crippen LogP contribution in [0.15, 0.2) is 0 Å². The molecule has 4 nitrogen and oxygen atoms in total. The van der Waals surface area contributed by atoms with E-state index in [1.807, 2.05) is 0 Å². The van der Waals surface area contributed by atoms with Gasteiger partial charge in [0.25, 0.3) is 0 Å². The molecule has 18 heavy (non-hydrogen) atoms. The van der Waals surface area contributed by atoms with Crippen LogP contribution < -0.4 is 0 Å². The molecule has 0 amide bonds. The molecule has 0 unspecified atom stereocenters. The lowest BCUT2D eigenvalue weighted by Crippen LogP contribution is -2.43. The van der Waals surface area contributed by atoms with Gasteiger partial charge in [-0.3, -0.25) is 9.59 Å². The molecular formula is C14H22O4. The Morgan fingerprint density at radius 3 is 2.22 bits per heavy atom. The van der Waals surface area contributed by atoms with Gasteiger partial charge in [-0.15, -0.1) is 0 Å². The molecule has 4 heteroatoms. The first kappa shape index (κ1) is 13.4. The third-order valence-corrected chi connectivity index (χ3v) is 4.43. The monoisotopic (exact) mass is 254 g/mol. The van der Waals surface area contributed by atoms with Gasteiger partial charge in [0.2, 0.25) is 0 Å². The number of hydrogen-bond acceptors (Lipinski definition) is 4. The predicted molar refractivity (Wildman–Crippen MR) is 65.7 cm³/mol. The van der Waals surface area contributed by atoms with Crippen molar-refractivity contribution < 1.29 is 19.1 Å². The minimum absolute atomic E-state index is 0.231. The average Bonchev–Trinajstić information content (AvgIpc) is 2.36. The van der Waals surface area contributed by atoms with Crippen LogP contribution in [-0.4, -0.2) is 25.2 Å². The summed E-state index contributed by atoms with van der Waals surface area (Å²) in [6, 6.07) is 0. The summed E-state index contributed by atoms with van der Waals surface area (Å²) < 4.78 is 10.2. The average molecular weight is 254 g/mol. The second-order valence-corrected chi connectivity index (χ2v) is 5.55. The number of rotatable bonds is 2. The summed E-state index contributed by atoms with van der Waals surface area (Å²) in [6.07, 6.45) is 6.28. The predicted octanol–water partition coefficient (Wildman–Crippen LogP) is 2.31. The zero-order valence-corrected chi connectivity index (χ0v) is 11.2. The Morgan fingerprint density at radius 1 is 1.06 bits per heavy atom. The summed E-state index contributed by atoms with van der Waals surface area (Å²) in [5.74, 6) is 0.422. The van der Waals surface area contributed by atoms with Crippen molar-refractivity contribution in [3.05, 3.63) is 0 Å². The lowest BCUT2D eigenvalue weighted by molar-refractivity contribution is -0.165. The molecule has 0 heterocycles. The van der Waals surface area contributed by atoms with Crippen molar-refractivity contribution in [1.29, 1.82) is 0 Å². The van der Waals surface area contributed by atoms with Gasteiger partial charge in [-0.05, 0) is 24.7 Å². The van der Waals surface area contributed by atoms with Crippen LogP contribution in [0.5, 0.6) is 0 Å². The zero-order chi connectivity index (χ0) is 13.1. The smallest absolute Gasteiger partial charge is 0.312 e. The largest absolute Gasteiger partial charge is 0.469 e. The van der Waals surface area contributed by atoms with E-state index in [4.69, 9.17) is 9.47 Å². The van der Waals surface area contributed by atoms with E-state index in [-0.39, 0.29) is 24.0 Å². The number of carbonyl (C=O) groups is 2. The number of fused-ring (bicyclic) bond motifs is 1. The van der Waals surface area contributed by atoms with Gasteiger partial charge in [0.1, 0.15) is 6.10 Å². The molecule has 0 aliphatic heterocycles. The Hall–Kier alpha value is -1.06. The summed E-state index contributed by atoms with van der Waals surface area (Å²) in [6.45, 7) is 1.40. The van der Waals surface area contributed by atoms with E-state index in [1.54, 1.807) is 0 Å². The van der Waals surface area contributed by atoms with Crippen LogP contribution in [0.4, 0.5) is 0 Å². The molecule has 2 aliphatic carbocycles. The Morgan fingerprint density at radius 2 is 1.67 bits per heavy atom. The fourth-order valence-corrected chi connectivity index (χ4v) is 3.59. The van der Waals surface area contributed by atoms with Crippen LogP contribution in [0.3, 0.4) is 0 Å². The molecule has 0 bridgehead atoms. The van der Waals surface area contributed by atoms with Crippen molar-refractivity contribution in [2.45, 2.75) is 51.6 Å². The fourth-order valence-electron chi connectivity index (χ4n) is 3.59. The third kappa shape index (κ3) is 2.85. The van der Waals surface area contributed by atoms with Crippen molar-refractivity contribution in [3.8, 4) is 0 Å². The molecule has 2 aliphatic rings. The molecular weight excluding hydrogens is 232 g/mol. The van der Waals surface area contributed by atoms with Gasteiger partial charge in [-0.2, -0.15) is 0 Å². The Kier molecular flexibility index (Phi) is 4.25. The molecule has 102 valence electrons. The van der Waals surface area contributed by atoms with E-state index >= 15 is 0 Å². The van der Waals surface area contributed by atoms with E-state index in [0.717, 1.165) is 12.8 Å². The number of carbonyl (C=O) groups excluding carboxylic acids is 2. The van der Waals surface area contributed by atoms with Gasteiger partial charge in [-0.1, -0.05) is 25.7 Å². The highest BCUT2D eigenvalue weighted by molar-refractivity contribution is 5.74. The first-order chi connectivity index (χ1) is 8.61. The zero-order valence-electron chi connectivity index (χ0n) is 11.2. The van der Waals surface area contributed by atoms with Crippen molar-refractivity contribution in [2.75, 3.05) is 7.11 Å². The van der Waals surface area contributed by atoms with Crippen LogP contribution in [0, 0.1) is 17.8 Å². The van der Waals surface area contributed by atoms with Crippen LogP contribution in [0.1, 0.15) is 45.4 Å². The van der Waals surface area contributed by atoms with Gasteiger partial charge in [0.05, 0.1) is 13.0 Å². The molecule has 0 spiro atoms. The number of ether oxygens (including phenoxy) is 2. The summed E-state index contributed by atoms with van der Waals surface area (Å²) in [7, 11) is 1.40. The maximum absolute atomic E-state index is 11.8. The lowest BCUT2D eigenvalue weighted by Gasteiger charge is -2.42. The summed E-state index contributed by atoms with van der Waals surface area (Å²) in [5.41, 5.74) is 0. The van der Waals surface area contributed by atoms with Gasteiger partial charge in [0.15, 0.2) is 0 Å². The number of esters is 2. The van der Waals surface area contributed by atoms with Crippen LogP contribution >= 0.6 is 0 Å². The highest BCUT2D eigenvalue weighted by atomic mass is 16.6. The minimum atomic E-state index is -0.303. The maximum atomic E-state index is 11.8. The molecule has 0 saturated heterocycles. The molecule has 0 aromatic rings. The fraction of sp³-hybridized carbons (Fsp3) is 0.857. The highest BCUT2D eigenvalue weighted by Gasteiger charge is 2.43. The maximum Gasteiger partial charge on any atom is 0.312 e. The quantitative estimate of drug-likeness (QED) is 0.710. The lowest BCUT2D eigenvalue weighted by atomic mass is 9.66. The molecule has 2 saturated carbocycles. The molecule has 0 radical (unpaired) electrons. The highest BCUT2D eigenvalue weighted by Crippen LogP contribution is 2.44. The molecule has 4 atom stereocenters. The van der Waals surface area contributed by atoms with Gasteiger partial charge in [0, 0.05) is 6.92 Å². The van der Waals surface area contributed by atoms with E-state index in [2.05, 4.69) is 0 Å². The van der Waals surface area contributed by atoms with Crippen molar-refractivity contribution in [3.63, 3.8) is 0 Å². The Labute approximate surface area is 108 Å². The Balaban J connectivity index is 2.08. The van der Waals surface area contributed by atoms with Crippen LogP contribution in [0.25, 0.3) is 0 Å². The van der Waals surface area contributed by atoms with Crippen LogP contribution in [-0.2, 0) is 19.1 Å². The van der Waals surface area contributed by atoms with E-state index in [0.29, 0.717) is 11.8 Å². The Bertz CT molecular complexity index is 326. The second kappa shape index (κ2) is 5.72. The molecule has 0 aromatic carbocycles. The number of methoxy groups -OCH3 is 1. The topological polar surface area (TPSA) is 52.6 Å². The van der Waals surface area contributed by atoms with E-state index in [1.165, 1.54) is 39.7 Å². The molecule has 2 rings (SSSR count). The minimum Gasteiger partial charge on any atom is -0.469 e. The summed E-state index contributed by atoms with van der Waals surface area (Å²) in [5, 5.41) is 0. The molecule has 2 fully saturated rings. The van der Waals surface area contributed by atoms with E-state index in [9.17, 15) is 9.59 Å². The molecule has 0 N–H and O–H groups in total. The second-order valence-electron chi connectivity index (χ2n) is 5.55. The van der Waals surface area contributed by atoms with Crippen LogP contribution in [0.2, 0.25) is 0 Å². The summed E-state index contributed by atoms with van der Waals surface area (Å²) in [4.78, 5) is 23.0. The molecule has 0 aromatic heterocycles. The summed E-state index contributed by atoms with van der Waals surface area (Å²) >= 11 is 0. The van der Waals surface area contributed by atoms with Gasteiger partial charge >= 0.3 is 11.9 Å². The van der Waals surface area contributed by atoms with E-state index < -0.39 is 0 Å². The third-order valence-electron chi connectivity index (χ3n) is 4.43. The van der Waals surface area contributed by atoms with Gasteiger partial charge < -0.3 is 9.47 Å². The van der Waals surface area contributed by atoms with Crippen molar-refractivity contribution in [1.82, 2.24) is 0 Å². The number of hydrogen-bond donors (Lipinski definition) is 0. The van der Waals surface area contributed by atoms with Crippen molar-refractivity contribution >= 4 is 11.9 Å². The first-order valence-electron chi connectivity index (χ1n) is 6.87. The SMILES string of the molecule is COC(=O)[C@H]1C[C@H]2CCCC[C@@H]2C[C@@H]1OC(C)=O. The van der Waals surface area contributed by atoms with Crippen molar-refractivity contribution in [2.24, 2.45) is 17.8 Å². The van der Waals surface area contributed by atoms with Gasteiger partial charge in [-0.25, -0.2) is 0 Å². The normalized spacial score (nSPS) is 35.4. The standard InChI is InChI=1S/C14H22O4/c1-9(15)18-13-8-11-6-4-3-5-10(11)7-12(13)14(16)17-2/h10-13H,3-8H2,1-2H3/t10-,11-,12+,13+/m1/s1.